The minimum atomic E-state index is -0.947. The van der Waals surface area contributed by atoms with Gasteiger partial charge in [0.2, 0.25) is 0 Å². The zero-order chi connectivity index (χ0) is 10.7. The van der Waals surface area contributed by atoms with Crippen LogP contribution in [-0.4, -0.2) is 51.4 Å². The Bertz CT molecular complexity index is 205. The van der Waals surface area contributed by atoms with Crippen molar-refractivity contribution in [2.75, 3.05) is 6.61 Å². The highest BCUT2D eigenvalue weighted by Crippen LogP contribution is 2.25. The lowest BCUT2D eigenvalue weighted by atomic mass is 9.96. The lowest BCUT2D eigenvalue weighted by molar-refractivity contribution is -0.168. The summed E-state index contributed by atoms with van der Waals surface area (Å²) in [7, 11) is 0. The number of rotatable bonds is 3. The first-order chi connectivity index (χ1) is 6.56. The van der Waals surface area contributed by atoms with Crippen molar-refractivity contribution in [1.82, 2.24) is 0 Å². The summed E-state index contributed by atoms with van der Waals surface area (Å²) in [5.41, 5.74) is 0. The molecule has 0 aliphatic carbocycles. The second-order valence-electron chi connectivity index (χ2n) is 3.47. The second-order valence-corrected chi connectivity index (χ2v) is 3.47. The highest BCUT2D eigenvalue weighted by molar-refractivity contribution is 4.99. The number of aliphatic hydroxyl groups is 4. The Balaban J connectivity index is 2.60. The molecule has 4 atom stereocenters. The van der Waals surface area contributed by atoms with E-state index in [4.69, 9.17) is 14.9 Å². The molecule has 0 aromatic heterocycles. The Labute approximate surface area is 82.3 Å². The lowest BCUT2D eigenvalue weighted by Crippen LogP contribution is -2.48. The van der Waals surface area contributed by atoms with Gasteiger partial charge in [-0.2, -0.15) is 0 Å². The molecule has 5 heteroatoms. The minimum absolute atomic E-state index is 0.109. The van der Waals surface area contributed by atoms with E-state index in [0.717, 1.165) is 0 Å². The van der Waals surface area contributed by atoms with Gasteiger partial charge in [0.15, 0.2) is 0 Å². The van der Waals surface area contributed by atoms with Gasteiger partial charge in [0.1, 0.15) is 11.9 Å². The topological polar surface area (TPSA) is 90.2 Å². The van der Waals surface area contributed by atoms with Crippen molar-refractivity contribution in [1.29, 1.82) is 0 Å². The maximum atomic E-state index is 9.46. The van der Waals surface area contributed by atoms with E-state index in [0.29, 0.717) is 0 Å². The average molecular weight is 204 g/mol. The van der Waals surface area contributed by atoms with Gasteiger partial charge in [-0.25, -0.2) is 0 Å². The minimum Gasteiger partial charge on any atom is -0.510 e. The van der Waals surface area contributed by atoms with E-state index < -0.39 is 24.4 Å². The molecule has 1 heterocycles. The van der Waals surface area contributed by atoms with E-state index in [9.17, 15) is 10.2 Å². The van der Waals surface area contributed by atoms with E-state index in [1.165, 1.54) is 0 Å². The molecular weight excluding hydrogens is 188 g/mol. The molecule has 4 N–H and O–H groups in total. The van der Waals surface area contributed by atoms with E-state index in [-0.39, 0.29) is 25.2 Å². The molecule has 0 bridgehead atoms. The van der Waals surface area contributed by atoms with Crippen LogP contribution in [0.4, 0.5) is 0 Å². The SMILES string of the molecule is C=C(O)[C@@H]1OC(CCO)[C@@H](O)C[C@H]1O. The molecule has 0 spiro atoms. The summed E-state index contributed by atoms with van der Waals surface area (Å²) in [6.45, 7) is 3.17. The van der Waals surface area contributed by atoms with Crippen molar-refractivity contribution < 1.29 is 25.2 Å². The predicted molar refractivity (Wildman–Crippen MR) is 48.8 cm³/mol. The fourth-order valence-electron chi connectivity index (χ4n) is 1.58. The van der Waals surface area contributed by atoms with Crippen LogP contribution in [0, 0.1) is 0 Å². The summed E-state index contributed by atoms with van der Waals surface area (Å²) < 4.78 is 5.20. The number of aliphatic hydroxyl groups excluding tert-OH is 4. The van der Waals surface area contributed by atoms with Crippen molar-refractivity contribution in [3.63, 3.8) is 0 Å². The summed E-state index contributed by atoms with van der Waals surface area (Å²) in [4.78, 5) is 0. The van der Waals surface area contributed by atoms with Crippen molar-refractivity contribution >= 4 is 0 Å². The maximum Gasteiger partial charge on any atom is 0.140 e. The third-order valence-electron chi connectivity index (χ3n) is 2.33. The molecule has 1 aliphatic heterocycles. The molecule has 0 radical (unpaired) electrons. The molecule has 1 saturated heterocycles. The van der Waals surface area contributed by atoms with Gasteiger partial charge in [0, 0.05) is 13.0 Å². The summed E-state index contributed by atoms with van der Waals surface area (Å²) in [5.74, 6) is -0.257. The molecule has 1 unspecified atom stereocenters. The smallest absolute Gasteiger partial charge is 0.140 e. The van der Waals surface area contributed by atoms with Crippen LogP contribution in [0.2, 0.25) is 0 Å². The molecule has 1 aliphatic rings. The standard InChI is InChI=1S/C9H16O5/c1-5(11)9-7(13)4-6(12)8(14-9)2-3-10/h6-13H,1-4H2/t6-,7+,8?,9-/m0/s1. The van der Waals surface area contributed by atoms with Crippen LogP contribution in [0.1, 0.15) is 12.8 Å². The van der Waals surface area contributed by atoms with Crippen LogP contribution in [0.5, 0.6) is 0 Å². The number of ether oxygens (including phenoxy) is 1. The third-order valence-corrected chi connectivity index (χ3v) is 2.33. The Morgan fingerprint density at radius 2 is 2.00 bits per heavy atom. The average Bonchev–Trinajstić information content (AvgIpc) is 2.09. The first-order valence-corrected chi connectivity index (χ1v) is 4.56. The first kappa shape index (κ1) is 11.5. The van der Waals surface area contributed by atoms with Crippen LogP contribution in [0.3, 0.4) is 0 Å². The van der Waals surface area contributed by atoms with Crippen LogP contribution >= 0.6 is 0 Å². The van der Waals surface area contributed by atoms with Crippen molar-refractivity contribution in [3.05, 3.63) is 12.3 Å². The highest BCUT2D eigenvalue weighted by Gasteiger charge is 2.37. The van der Waals surface area contributed by atoms with Crippen molar-refractivity contribution in [3.8, 4) is 0 Å². The Morgan fingerprint density at radius 3 is 2.50 bits per heavy atom. The Kier molecular flexibility index (Phi) is 3.88. The van der Waals surface area contributed by atoms with Gasteiger partial charge in [-0.15, -0.1) is 0 Å². The van der Waals surface area contributed by atoms with Crippen LogP contribution in [-0.2, 0) is 4.74 Å². The normalized spacial score (nSPS) is 38.2. The molecule has 1 fully saturated rings. The number of hydrogen-bond acceptors (Lipinski definition) is 5. The quantitative estimate of drug-likeness (QED) is 0.457. The Morgan fingerprint density at radius 1 is 1.36 bits per heavy atom. The molecule has 1 rings (SSSR count). The summed E-state index contributed by atoms with van der Waals surface area (Å²) >= 11 is 0. The molecule has 0 aromatic rings. The van der Waals surface area contributed by atoms with Gasteiger partial charge < -0.3 is 25.2 Å². The van der Waals surface area contributed by atoms with Crippen molar-refractivity contribution in [2.45, 2.75) is 37.3 Å². The zero-order valence-electron chi connectivity index (χ0n) is 7.83. The van der Waals surface area contributed by atoms with Crippen LogP contribution in [0.25, 0.3) is 0 Å². The third kappa shape index (κ3) is 2.45. The molecule has 14 heavy (non-hydrogen) atoms. The van der Waals surface area contributed by atoms with Gasteiger partial charge in [0.05, 0.1) is 18.3 Å². The highest BCUT2D eigenvalue weighted by atomic mass is 16.5. The van der Waals surface area contributed by atoms with E-state index >= 15 is 0 Å². The van der Waals surface area contributed by atoms with Gasteiger partial charge >= 0.3 is 0 Å². The van der Waals surface area contributed by atoms with Gasteiger partial charge in [-0.05, 0) is 6.42 Å². The van der Waals surface area contributed by atoms with Crippen molar-refractivity contribution in [2.24, 2.45) is 0 Å². The fraction of sp³-hybridized carbons (Fsp3) is 0.778. The van der Waals surface area contributed by atoms with Gasteiger partial charge in [-0.1, -0.05) is 6.58 Å². The lowest BCUT2D eigenvalue weighted by Gasteiger charge is -2.36. The fourth-order valence-corrected chi connectivity index (χ4v) is 1.58. The molecule has 82 valence electrons. The van der Waals surface area contributed by atoms with Gasteiger partial charge in [0.25, 0.3) is 0 Å². The van der Waals surface area contributed by atoms with Crippen LogP contribution < -0.4 is 0 Å². The monoisotopic (exact) mass is 204 g/mol. The van der Waals surface area contributed by atoms with Crippen LogP contribution in [0.15, 0.2) is 12.3 Å². The molecule has 0 aromatic carbocycles. The zero-order valence-corrected chi connectivity index (χ0v) is 7.83. The maximum absolute atomic E-state index is 9.46. The first-order valence-electron chi connectivity index (χ1n) is 4.56. The van der Waals surface area contributed by atoms with E-state index in [2.05, 4.69) is 6.58 Å². The largest absolute Gasteiger partial charge is 0.510 e. The molecule has 0 saturated carbocycles. The van der Waals surface area contributed by atoms with E-state index in [1.54, 1.807) is 0 Å². The molecule has 5 nitrogen and oxygen atoms in total. The summed E-state index contributed by atoms with van der Waals surface area (Å²) in [6.07, 6.45) is -2.79. The molecular formula is C9H16O5. The summed E-state index contributed by atoms with van der Waals surface area (Å²) in [6, 6.07) is 0. The predicted octanol–water partition coefficient (Wildman–Crippen LogP) is -0.680. The van der Waals surface area contributed by atoms with E-state index in [1.807, 2.05) is 0 Å². The molecule has 0 amide bonds. The summed E-state index contributed by atoms with van der Waals surface area (Å²) in [5, 5.41) is 36.7. The Hall–Kier alpha value is -0.620. The second kappa shape index (κ2) is 4.75. The van der Waals surface area contributed by atoms with Gasteiger partial charge in [-0.3, -0.25) is 0 Å². The number of hydrogen-bond donors (Lipinski definition) is 4.